The van der Waals surface area contributed by atoms with Gasteiger partial charge in [0.1, 0.15) is 0 Å². The molecule has 0 unspecified atom stereocenters. The van der Waals surface area contributed by atoms with Crippen LogP contribution >= 0.6 is 0 Å². The zero-order valence-electron chi connectivity index (χ0n) is 14.7. The summed E-state index contributed by atoms with van der Waals surface area (Å²) in [5, 5.41) is 11.9. The van der Waals surface area contributed by atoms with Gasteiger partial charge >= 0.3 is 5.97 Å². The molecule has 2 aromatic rings. The van der Waals surface area contributed by atoms with Gasteiger partial charge in [0.25, 0.3) is 0 Å². The quantitative estimate of drug-likeness (QED) is 0.838. The summed E-state index contributed by atoms with van der Waals surface area (Å²) in [6.45, 7) is 2.70. The van der Waals surface area contributed by atoms with Crippen LogP contribution in [0.5, 0.6) is 0 Å². The van der Waals surface area contributed by atoms with Crippen molar-refractivity contribution in [3.63, 3.8) is 0 Å². The van der Waals surface area contributed by atoms with Crippen LogP contribution in [0.2, 0.25) is 0 Å². The molecular weight excluding hydrogens is 328 g/mol. The first-order chi connectivity index (χ1) is 12.6. The Morgan fingerprint density at radius 1 is 1.00 bits per heavy atom. The van der Waals surface area contributed by atoms with E-state index in [1.54, 1.807) is 18.2 Å². The van der Waals surface area contributed by atoms with E-state index in [1.165, 1.54) is 5.56 Å². The van der Waals surface area contributed by atoms with Gasteiger partial charge in [-0.05, 0) is 43.1 Å². The van der Waals surface area contributed by atoms with E-state index in [4.69, 9.17) is 5.11 Å². The van der Waals surface area contributed by atoms with E-state index < -0.39 is 5.97 Å². The van der Waals surface area contributed by atoms with E-state index in [0.717, 1.165) is 32.5 Å². The molecule has 3 rings (SSSR count). The zero-order valence-corrected chi connectivity index (χ0v) is 14.7. The Balaban J connectivity index is 1.53. The third-order valence-corrected chi connectivity index (χ3v) is 4.82. The van der Waals surface area contributed by atoms with E-state index in [1.807, 2.05) is 24.3 Å². The number of hydrogen-bond donors (Lipinski definition) is 2. The van der Waals surface area contributed by atoms with Crippen LogP contribution in [0.4, 0.5) is 5.69 Å². The zero-order chi connectivity index (χ0) is 18.4. The summed E-state index contributed by atoms with van der Waals surface area (Å²) in [7, 11) is 0. The molecule has 0 saturated carbocycles. The number of nitrogens with one attached hydrogen (secondary N) is 1. The topological polar surface area (TPSA) is 69.6 Å². The Morgan fingerprint density at radius 3 is 2.35 bits per heavy atom. The van der Waals surface area contributed by atoms with Crippen molar-refractivity contribution in [3.05, 3.63) is 65.7 Å². The second-order valence-electron chi connectivity index (χ2n) is 6.75. The van der Waals surface area contributed by atoms with Crippen molar-refractivity contribution in [2.75, 3.05) is 18.4 Å². The van der Waals surface area contributed by atoms with Crippen LogP contribution in [0.15, 0.2) is 54.6 Å². The molecule has 0 aliphatic carbocycles. The predicted molar refractivity (Wildman–Crippen MR) is 101 cm³/mol. The summed E-state index contributed by atoms with van der Waals surface area (Å²) < 4.78 is 0. The Labute approximate surface area is 153 Å². The van der Waals surface area contributed by atoms with Crippen LogP contribution in [0.25, 0.3) is 0 Å². The minimum absolute atomic E-state index is 0.0119. The highest BCUT2D eigenvalue weighted by Crippen LogP contribution is 2.22. The van der Waals surface area contributed by atoms with Crippen LogP contribution in [0.1, 0.15) is 24.0 Å². The Kier molecular flexibility index (Phi) is 6.02. The molecule has 0 spiro atoms. The van der Waals surface area contributed by atoms with Crippen molar-refractivity contribution in [3.8, 4) is 0 Å². The summed E-state index contributed by atoms with van der Waals surface area (Å²) in [6, 6.07) is 17.5. The minimum atomic E-state index is -0.902. The lowest BCUT2D eigenvalue weighted by Crippen LogP contribution is -2.37. The van der Waals surface area contributed by atoms with Crippen LogP contribution in [0, 0.1) is 5.92 Å². The molecule has 1 aliphatic rings. The first kappa shape index (κ1) is 18.1. The van der Waals surface area contributed by atoms with Gasteiger partial charge in [0, 0.05) is 18.2 Å². The fraction of sp³-hybridized carbons (Fsp3) is 0.333. The molecule has 1 fully saturated rings. The smallest absolute Gasteiger partial charge is 0.307 e. The highest BCUT2D eigenvalue weighted by Gasteiger charge is 2.25. The lowest BCUT2D eigenvalue weighted by atomic mass is 9.95. The fourth-order valence-corrected chi connectivity index (χ4v) is 3.39. The van der Waals surface area contributed by atoms with Gasteiger partial charge in [-0.15, -0.1) is 0 Å². The molecule has 136 valence electrons. The highest BCUT2D eigenvalue weighted by atomic mass is 16.4. The van der Waals surface area contributed by atoms with Gasteiger partial charge in [-0.3, -0.25) is 14.5 Å². The average Bonchev–Trinajstić information content (AvgIpc) is 2.64. The van der Waals surface area contributed by atoms with E-state index >= 15 is 0 Å². The van der Waals surface area contributed by atoms with Gasteiger partial charge in [-0.1, -0.05) is 48.5 Å². The number of amides is 1. The molecule has 2 aromatic carbocycles. The second-order valence-corrected chi connectivity index (χ2v) is 6.75. The van der Waals surface area contributed by atoms with Gasteiger partial charge < -0.3 is 10.4 Å². The van der Waals surface area contributed by atoms with Crippen LogP contribution < -0.4 is 5.32 Å². The summed E-state index contributed by atoms with van der Waals surface area (Å²) >= 11 is 0. The third-order valence-electron chi connectivity index (χ3n) is 4.82. The molecular formula is C21H24N2O3. The van der Waals surface area contributed by atoms with E-state index in [-0.39, 0.29) is 18.2 Å². The highest BCUT2D eigenvalue weighted by molar-refractivity contribution is 5.94. The Bertz CT molecular complexity index is 753. The molecule has 2 N–H and O–H groups in total. The van der Waals surface area contributed by atoms with Crippen molar-refractivity contribution >= 4 is 17.6 Å². The number of rotatable bonds is 6. The molecule has 0 atom stereocenters. The van der Waals surface area contributed by atoms with Gasteiger partial charge in [-0.2, -0.15) is 0 Å². The molecule has 0 aromatic heterocycles. The van der Waals surface area contributed by atoms with Gasteiger partial charge in [0.05, 0.1) is 6.42 Å². The summed E-state index contributed by atoms with van der Waals surface area (Å²) in [5.41, 5.74) is 2.53. The SMILES string of the molecule is O=C(O)Cc1ccccc1NC(=O)C1CCN(Cc2ccccc2)CC1. The Hall–Kier alpha value is -2.66. The van der Waals surface area contributed by atoms with Crippen molar-refractivity contribution in [1.29, 1.82) is 0 Å². The first-order valence-electron chi connectivity index (χ1n) is 8.98. The summed E-state index contributed by atoms with van der Waals surface area (Å²) in [4.78, 5) is 25.9. The number of anilines is 1. The second kappa shape index (κ2) is 8.63. The van der Waals surface area contributed by atoms with E-state index in [9.17, 15) is 9.59 Å². The number of nitrogens with zero attached hydrogens (tertiary/aromatic N) is 1. The molecule has 1 saturated heterocycles. The van der Waals surface area contributed by atoms with Crippen LogP contribution in [0.3, 0.4) is 0 Å². The molecule has 1 aliphatic heterocycles. The lowest BCUT2D eigenvalue weighted by Gasteiger charge is -2.31. The molecule has 0 radical (unpaired) electrons. The molecule has 5 heteroatoms. The molecule has 26 heavy (non-hydrogen) atoms. The number of para-hydroxylation sites is 1. The minimum Gasteiger partial charge on any atom is -0.481 e. The number of aliphatic carboxylic acids is 1. The number of likely N-dealkylation sites (tertiary alicyclic amines) is 1. The largest absolute Gasteiger partial charge is 0.481 e. The number of piperidine rings is 1. The molecule has 0 bridgehead atoms. The summed E-state index contributed by atoms with van der Waals surface area (Å²) in [6.07, 6.45) is 1.55. The number of carbonyl (C=O) groups excluding carboxylic acids is 1. The van der Waals surface area contributed by atoms with Gasteiger partial charge in [0.15, 0.2) is 0 Å². The van der Waals surface area contributed by atoms with Crippen molar-refractivity contribution in [2.24, 2.45) is 5.92 Å². The monoisotopic (exact) mass is 352 g/mol. The fourth-order valence-electron chi connectivity index (χ4n) is 3.39. The number of carbonyl (C=O) groups is 2. The average molecular weight is 352 g/mol. The Morgan fingerprint density at radius 2 is 1.65 bits per heavy atom. The maximum absolute atomic E-state index is 12.6. The van der Waals surface area contributed by atoms with Crippen LogP contribution in [-0.2, 0) is 22.6 Å². The molecule has 1 heterocycles. The standard InChI is InChI=1S/C21H24N2O3/c24-20(25)14-18-8-4-5-9-19(18)22-21(26)17-10-12-23(13-11-17)15-16-6-2-1-3-7-16/h1-9,17H,10-15H2,(H,22,26)(H,24,25). The predicted octanol–water partition coefficient (Wildman–Crippen LogP) is 3.16. The van der Waals surface area contributed by atoms with Gasteiger partial charge in [-0.25, -0.2) is 0 Å². The number of hydrogen-bond acceptors (Lipinski definition) is 3. The number of carboxylic acids is 1. The maximum Gasteiger partial charge on any atom is 0.307 e. The lowest BCUT2D eigenvalue weighted by molar-refractivity contribution is -0.136. The normalized spacial score (nSPS) is 15.5. The molecule has 5 nitrogen and oxygen atoms in total. The first-order valence-corrected chi connectivity index (χ1v) is 8.98. The maximum atomic E-state index is 12.6. The van der Waals surface area contributed by atoms with Crippen molar-refractivity contribution in [2.45, 2.75) is 25.8 Å². The van der Waals surface area contributed by atoms with Crippen molar-refractivity contribution < 1.29 is 14.7 Å². The summed E-state index contributed by atoms with van der Waals surface area (Å²) in [5.74, 6) is -0.942. The number of benzene rings is 2. The molecule has 1 amide bonds. The van der Waals surface area contributed by atoms with Gasteiger partial charge in [0.2, 0.25) is 5.91 Å². The van der Waals surface area contributed by atoms with Crippen LogP contribution in [-0.4, -0.2) is 35.0 Å². The van der Waals surface area contributed by atoms with E-state index in [2.05, 4.69) is 22.3 Å². The van der Waals surface area contributed by atoms with E-state index in [0.29, 0.717) is 11.3 Å². The third kappa shape index (κ3) is 4.92. The van der Waals surface area contributed by atoms with Crippen molar-refractivity contribution in [1.82, 2.24) is 4.90 Å². The number of carboxylic acid groups (broad SMARTS) is 1.